The van der Waals surface area contributed by atoms with E-state index in [2.05, 4.69) is 22.4 Å². The van der Waals surface area contributed by atoms with Gasteiger partial charge in [0.25, 0.3) is 5.56 Å². The molecule has 2 aromatic heterocycles. The van der Waals surface area contributed by atoms with Gasteiger partial charge in [-0.1, -0.05) is 36.8 Å². The van der Waals surface area contributed by atoms with Crippen LogP contribution in [0.5, 0.6) is 0 Å². The number of para-hydroxylation sites is 2. The van der Waals surface area contributed by atoms with Gasteiger partial charge in [0.2, 0.25) is 11.6 Å². The van der Waals surface area contributed by atoms with Gasteiger partial charge in [-0.25, -0.2) is 0 Å². The van der Waals surface area contributed by atoms with Crippen LogP contribution in [0, 0.1) is 13.8 Å². The van der Waals surface area contributed by atoms with Crippen molar-refractivity contribution in [2.45, 2.75) is 40.2 Å². The summed E-state index contributed by atoms with van der Waals surface area (Å²) in [6, 6.07) is 13.4. The molecular weight excluding hydrogens is 366 g/mol. The van der Waals surface area contributed by atoms with Crippen molar-refractivity contribution in [3.05, 3.63) is 69.8 Å². The lowest BCUT2D eigenvalue weighted by atomic mass is 10.1. The molecule has 7 heteroatoms. The van der Waals surface area contributed by atoms with Crippen LogP contribution >= 0.6 is 0 Å². The Morgan fingerprint density at radius 1 is 1.07 bits per heavy atom. The molecular formula is C22H23N5O2. The molecule has 148 valence electrons. The van der Waals surface area contributed by atoms with Gasteiger partial charge in [-0.2, -0.15) is 0 Å². The Kier molecular flexibility index (Phi) is 4.88. The fourth-order valence-electron chi connectivity index (χ4n) is 3.65. The molecule has 7 nitrogen and oxygen atoms in total. The monoisotopic (exact) mass is 389 g/mol. The van der Waals surface area contributed by atoms with Crippen LogP contribution in [0.4, 0.5) is 5.69 Å². The first-order valence-corrected chi connectivity index (χ1v) is 9.72. The molecule has 0 unspecified atom stereocenters. The molecule has 29 heavy (non-hydrogen) atoms. The molecule has 1 amide bonds. The number of carbonyl (C=O) groups is 1. The van der Waals surface area contributed by atoms with Crippen LogP contribution in [-0.4, -0.2) is 25.1 Å². The summed E-state index contributed by atoms with van der Waals surface area (Å²) in [6.07, 6.45) is 1.62. The number of anilines is 1. The van der Waals surface area contributed by atoms with Crippen molar-refractivity contribution in [1.82, 2.24) is 19.2 Å². The molecule has 0 bridgehead atoms. The van der Waals surface area contributed by atoms with Gasteiger partial charge in [-0.3, -0.25) is 18.6 Å². The highest BCUT2D eigenvalue weighted by Crippen LogP contribution is 2.18. The number of hydrogen-bond acceptors (Lipinski definition) is 4. The number of aryl methyl sites for hydroxylation is 3. The van der Waals surface area contributed by atoms with Crippen molar-refractivity contribution >= 4 is 28.3 Å². The summed E-state index contributed by atoms with van der Waals surface area (Å²) in [6.45, 7) is 5.91. The third-order valence-electron chi connectivity index (χ3n) is 5.01. The summed E-state index contributed by atoms with van der Waals surface area (Å²) in [7, 11) is 0. The van der Waals surface area contributed by atoms with Gasteiger partial charge in [0.15, 0.2) is 0 Å². The van der Waals surface area contributed by atoms with Crippen molar-refractivity contribution in [1.29, 1.82) is 0 Å². The molecule has 0 spiro atoms. The third kappa shape index (κ3) is 3.40. The van der Waals surface area contributed by atoms with Crippen molar-refractivity contribution in [3.8, 4) is 0 Å². The molecule has 4 aromatic rings. The quantitative estimate of drug-likeness (QED) is 0.568. The number of hydrogen-bond donors (Lipinski definition) is 1. The van der Waals surface area contributed by atoms with E-state index in [0.29, 0.717) is 5.52 Å². The lowest BCUT2D eigenvalue weighted by Crippen LogP contribution is -2.29. The first-order valence-electron chi connectivity index (χ1n) is 9.72. The molecule has 0 saturated heterocycles. The van der Waals surface area contributed by atoms with E-state index in [1.54, 1.807) is 4.40 Å². The van der Waals surface area contributed by atoms with E-state index in [9.17, 15) is 9.59 Å². The van der Waals surface area contributed by atoms with Crippen LogP contribution in [0.2, 0.25) is 0 Å². The first kappa shape index (κ1) is 18.9. The topological polar surface area (TPSA) is 81.3 Å². The largest absolute Gasteiger partial charge is 0.324 e. The second-order valence-electron chi connectivity index (χ2n) is 7.27. The molecule has 0 aliphatic heterocycles. The minimum atomic E-state index is -0.325. The highest BCUT2D eigenvalue weighted by Gasteiger charge is 2.17. The van der Waals surface area contributed by atoms with Crippen molar-refractivity contribution in [2.75, 3.05) is 5.32 Å². The average Bonchev–Trinajstić information content (AvgIpc) is 3.12. The summed E-state index contributed by atoms with van der Waals surface area (Å²) in [5.74, 6) is 0.490. The highest BCUT2D eigenvalue weighted by atomic mass is 16.2. The van der Waals surface area contributed by atoms with Crippen LogP contribution in [-0.2, 0) is 17.8 Å². The predicted molar refractivity (Wildman–Crippen MR) is 113 cm³/mol. The standard InChI is InChI=1S/C22H23N5O2/c1-4-7-19-24-25-21-22(29)26(17-8-5-6-9-18(17)27(19)21)13-20(28)23-16-11-10-14(2)12-15(16)3/h5-6,8-12H,4,7,13H2,1-3H3,(H,23,28). The first-order chi connectivity index (χ1) is 14.0. The Balaban J connectivity index is 1.78. The van der Waals surface area contributed by atoms with Crippen molar-refractivity contribution in [2.24, 2.45) is 0 Å². The number of rotatable bonds is 5. The minimum Gasteiger partial charge on any atom is -0.324 e. The predicted octanol–water partition coefficient (Wildman–Crippen LogP) is 3.25. The Morgan fingerprint density at radius 2 is 1.83 bits per heavy atom. The normalized spacial score (nSPS) is 11.3. The maximum absolute atomic E-state index is 13.1. The number of benzene rings is 2. The highest BCUT2D eigenvalue weighted by molar-refractivity contribution is 5.92. The van der Waals surface area contributed by atoms with E-state index in [1.165, 1.54) is 4.57 Å². The molecule has 0 atom stereocenters. The summed E-state index contributed by atoms with van der Waals surface area (Å²) in [4.78, 5) is 25.9. The summed E-state index contributed by atoms with van der Waals surface area (Å²) in [5.41, 5.74) is 4.26. The van der Waals surface area contributed by atoms with Crippen LogP contribution in [0.25, 0.3) is 16.7 Å². The fourth-order valence-corrected chi connectivity index (χ4v) is 3.65. The zero-order valence-electron chi connectivity index (χ0n) is 16.8. The number of nitrogens with zero attached hydrogens (tertiary/aromatic N) is 4. The molecule has 4 rings (SSSR count). The van der Waals surface area contributed by atoms with E-state index >= 15 is 0 Å². The zero-order valence-corrected chi connectivity index (χ0v) is 16.8. The summed E-state index contributed by atoms with van der Waals surface area (Å²) in [5, 5.41) is 11.2. The lowest BCUT2D eigenvalue weighted by molar-refractivity contribution is -0.116. The molecule has 2 heterocycles. The van der Waals surface area contributed by atoms with E-state index in [4.69, 9.17) is 0 Å². The van der Waals surface area contributed by atoms with Gasteiger partial charge in [-0.15, -0.1) is 10.2 Å². The number of aromatic nitrogens is 4. The Bertz CT molecular complexity index is 1290. The molecule has 1 N–H and O–H groups in total. The number of fused-ring (bicyclic) bond motifs is 3. The maximum Gasteiger partial charge on any atom is 0.297 e. The Morgan fingerprint density at radius 3 is 2.55 bits per heavy atom. The van der Waals surface area contributed by atoms with Crippen molar-refractivity contribution < 1.29 is 4.79 Å². The van der Waals surface area contributed by atoms with Crippen LogP contribution in [0.15, 0.2) is 47.3 Å². The molecule has 0 radical (unpaired) electrons. The van der Waals surface area contributed by atoms with Crippen LogP contribution in [0.1, 0.15) is 30.3 Å². The smallest absolute Gasteiger partial charge is 0.297 e. The van der Waals surface area contributed by atoms with Gasteiger partial charge in [0.1, 0.15) is 12.4 Å². The van der Waals surface area contributed by atoms with Gasteiger partial charge in [0.05, 0.1) is 11.0 Å². The third-order valence-corrected chi connectivity index (χ3v) is 5.01. The van der Waals surface area contributed by atoms with Crippen LogP contribution in [0.3, 0.4) is 0 Å². The molecule has 0 aliphatic rings. The van der Waals surface area contributed by atoms with Gasteiger partial charge < -0.3 is 5.32 Å². The summed E-state index contributed by atoms with van der Waals surface area (Å²) < 4.78 is 3.27. The average molecular weight is 389 g/mol. The van der Waals surface area contributed by atoms with Gasteiger partial charge >= 0.3 is 0 Å². The van der Waals surface area contributed by atoms with Crippen LogP contribution < -0.4 is 10.9 Å². The number of carbonyl (C=O) groups excluding carboxylic acids is 1. The number of nitrogens with one attached hydrogen (secondary N) is 1. The SMILES string of the molecule is CCCc1nnc2c(=O)n(CC(=O)Nc3ccc(C)cc3C)c3ccccc3n12. The van der Waals surface area contributed by atoms with E-state index < -0.39 is 0 Å². The van der Waals surface area contributed by atoms with E-state index in [1.807, 2.05) is 56.3 Å². The second kappa shape index (κ2) is 7.50. The molecule has 0 aliphatic carbocycles. The molecule has 2 aromatic carbocycles. The Labute approximate surface area is 168 Å². The van der Waals surface area contributed by atoms with Gasteiger partial charge in [0, 0.05) is 12.1 Å². The van der Waals surface area contributed by atoms with Gasteiger partial charge in [-0.05, 0) is 44.0 Å². The maximum atomic E-state index is 13.1. The second-order valence-corrected chi connectivity index (χ2v) is 7.27. The molecule has 0 fully saturated rings. The van der Waals surface area contributed by atoms with E-state index in [0.717, 1.165) is 41.0 Å². The minimum absolute atomic E-state index is 0.0981. The summed E-state index contributed by atoms with van der Waals surface area (Å²) >= 11 is 0. The molecule has 0 saturated carbocycles. The Hall–Kier alpha value is -3.48. The fraction of sp³-hybridized carbons (Fsp3) is 0.273. The zero-order chi connectivity index (χ0) is 20.5. The van der Waals surface area contributed by atoms with E-state index in [-0.39, 0.29) is 23.7 Å². The lowest BCUT2D eigenvalue weighted by Gasteiger charge is -2.13. The van der Waals surface area contributed by atoms with Crippen molar-refractivity contribution in [3.63, 3.8) is 0 Å². The number of amides is 1.